The van der Waals surface area contributed by atoms with Crippen molar-refractivity contribution in [3.63, 3.8) is 0 Å². The van der Waals surface area contributed by atoms with E-state index in [9.17, 15) is 21.6 Å². The van der Waals surface area contributed by atoms with E-state index in [1.807, 2.05) is 0 Å². The van der Waals surface area contributed by atoms with Gasteiger partial charge in [0, 0.05) is 12.7 Å². The monoisotopic (exact) mass is 362 g/mol. The van der Waals surface area contributed by atoms with Crippen LogP contribution in [0.3, 0.4) is 0 Å². The number of nitrogens with one attached hydrogen (secondary N) is 2. The molecule has 0 radical (unpaired) electrons. The fourth-order valence-electron chi connectivity index (χ4n) is 2.16. The minimum Gasteiger partial charge on any atom is -0.316 e. The van der Waals surface area contributed by atoms with Crippen LogP contribution in [0.1, 0.15) is 12.8 Å². The van der Waals surface area contributed by atoms with Gasteiger partial charge in [0.05, 0.1) is 6.20 Å². The van der Waals surface area contributed by atoms with Crippen LogP contribution in [0.25, 0.3) is 0 Å². The molecule has 11 heteroatoms. The maximum absolute atomic E-state index is 12.2. The van der Waals surface area contributed by atoms with Crippen molar-refractivity contribution in [2.24, 2.45) is 5.92 Å². The van der Waals surface area contributed by atoms with Crippen LogP contribution in [0.15, 0.2) is 17.3 Å². The largest absolute Gasteiger partial charge is 0.408 e. The molecule has 1 atom stereocenters. The van der Waals surface area contributed by atoms with Crippen LogP contribution >= 0.6 is 12.4 Å². The highest BCUT2D eigenvalue weighted by molar-refractivity contribution is 7.89. The summed E-state index contributed by atoms with van der Waals surface area (Å²) in [5.41, 5.74) is 0. The molecular formula is C11H18ClF3N4O2S. The van der Waals surface area contributed by atoms with E-state index in [-0.39, 0.29) is 29.8 Å². The first-order valence-corrected chi connectivity index (χ1v) is 8.04. The van der Waals surface area contributed by atoms with E-state index in [4.69, 9.17) is 0 Å². The molecule has 1 aromatic heterocycles. The minimum absolute atomic E-state index is 0. The normalized spacial score (nSPS) is 19.7. The summed E-state index contributed by atoms with van der Waals surface area (Å²) in [6.07, 6.45) is -0.727. The molecule has 128 valence electrons. The molecule has 2 rings (SSSR count). The minimum atomic E-state index is -4.44. The van der Waals surface area contributed by atoms with Crippen LogP contribution in [0, 0.1) is 5.92 Å². The molecule has 1 saturated heterocycles. The molecule has 2 N–H and O–H groups in total. The number of aromatic nitrogens is 2. The Balaban J connectivity index is 0.00000242. The van der Waals surface area contributed by atoms with E-state index < -0.39 is 22.7 Å². The second-order valence-electron chi connectivity index (χ2n) is 5.05. The highest BCUT2D eigenvalue weighted by Gasteiger charge is 2.29. The van der Waals surface area contributed by atoms with Gasteiger partial charge in [0.25, 0.3) is 0 Å². The van der Waals surface area contributed by atoms with Gasteiger partial charge >= 0.3 is 6.18 Å². The zero-order valence-corrected chi connectivity index (χ0v) is 13.3. The molecule has 0 amide bonds. The van der Waals surface area contributed by atoms with Crippen molar-refractivity contribution in [1.82, 2.24) is 19.8 Å². The number of sulfonamides is 1. The van der Waals surface area contributed by atoms with Gasteiger partial charge in [0.15, 0.2) is 0 Å². The maximum Gasteiger partial charge on any atom is 0.408 e. The molecule has 2 heterocycles. The van der Waals surface area contributed by atoms with Crippen LogP contribution in [-0.4, -0.2) is 44.0 Å². The fraction of sp³-hybridized carbons (Fsp3) is 0.727. The van der Waals surface area contributed by atoms with Gasteiger partial charge in [-0.25, -0.2) is 13.1 Å². The zero-order chi connectivity index (χ0) is 15.5. The lowest BCUT2D eigenvalue weighted by atomic mass is 10.0. The van der Waals surface area contributed by atoms with Crippen molar-refractivity contribution < 1.29 is 21.6 Å². The summed E-state index contributed by atoms with van der Waals surface area (Å²) in [7, 11) is -3.82. The van der Waals surface area contributed by atoms with E-state index in [2.05, 4.69) is 15.1 Å². The number of nitrogens with zero attached hydrogens (tertiary/aromatic N) is 2. The first-order chi connectivity index (χ1) is 9.76. The Hall–Kier alpha value is -0.840. The van der Waals surface area contributed by atoms with Crippen molar-refractivity contribution in [3.8, 4) is 0 Å². The SMILES string of the molecule is Cl.O=S(=O)(NCC1CCCNC1)c1cnn(CC(F)(F)F)c1. The van der Waals surface area contributed by atoms with Crippen LogP contribution in [0.4, 0.5) is 13.2 Å². The average Bonchev–Trinajstić information content (AvgIpc) is 2.85. The molecule has 0 saturated carbocycles. The van der Waals surface area contributed by atoms with Gasteiger partial charge in [-0.3, -0.25) is 4.68 Å². The quantitative estimate of drug-likeness (QED) is 0.823. The Morgan fingerprint density at radius 3 is 2.77 bits per heavy atom. The number of halogens is 4. The number of piperidine rings is 1. The molecule has 22 heavy (non-hydrogen) atoms. The van der Waals surface area contributed by atoms with Crippen molar-refractivity contribution in [3.05, 3.63) is 12.4 Å². The summed E-state index contributed by atoms with van der Waals surface area (Å²) in [4.78, 5) is -0.254. The molecule has 1 aliphatic rings. The van der Waals surface area contributed by atoms with Crippen molar-refractivity contribution in [2.75, 3.05) is 19.6 Å². The highest BCUT2D eigenvalue weighted by atomic mass is 35.5. The molecular weight excluding hydrogens is 345 g/mol. The predicted octanol–water partition coefficient (Wildman–Crippen LogP) is 1.15. The van der Waals surface area contributed by atoms with Crippen LogP contribution in [-0.2, 0) is 16.6 Å². The maximum atomic E-state index is 12.2. The van der Waals surface area contributed by atoms with E-state index in [1.165, 1.54) is 0 Å². The molecule has 0 spiro atoms. The molecule has 0 aromatic carbocycles. The van der Waals surface area contributed by atoms with E-state index >= 15 is 0 Å². The lowest BCUT2D eigenvalue weighted by Gasteiger charge is -2.22. The standard InChI is InChI=1S/C11H17F3N4O2S.ClH/c12-11(13,14)8-18-7-10(6-16-18)21(19,20)17-5-9-2-1-3-15-4-9;/h6-7,9,15,17H,1-5,8H2;1H. The number of rotatable bonds is 5. The van der Waals surface area contributed by atoms with Crippen LogP contribution in [0.2, 0.25) is 0 Å². The second kappa shape index (κ2) is 7.62. The third-order valence-electron chi connectivity index (χ3n) is 3.22. The predicted molar refractivity (Wildman–Crippen MR) is 76.3 cm³/mol. The first-order valence-electron chi connectivity index (χ1n) is 6.56. The molecule has 1 fully saturated rings. The van der Waals surface area contributed by atoms with Gasteiger partial charge < -0.3 is 5.32 Å². The molecule has 0 aliphatic carbocycles. The highest BCUT2D eigenvalue weighted by Crippen LogP contribution is 2.18. The van der Waals surface area contributed by atoms with Crippen molar-refractivity contribution in [1.29, 1.82) is 0 Å². The lowest BCUT2D eigenvalue weighted by molar-refractivity contribution is -0.142. The third-order valence-corrected chi connectivity index (χ3v) is 4.60. The van der Waals surface area contributed by atoms with Gasteiger partial charge in [0.2, 0.25) is 10.0 Å². The molecule has 6 nitrogen and oxygen atoms in total. The smallest absolute Gasteiger partial charge is 0.316 e. The molecule has 1 aliphatic heterocycles. The van der Waals surface area contributed by atoms with Gasteiger partial charge in [-0.1, -0.05) is 0 Å². The second-order valence-corrected chi connectivity index (χ2v) is 6.82. The Kier molecular flexibility index (Phi) is 6.65. The summed E-state index contributed by atoms with van der Waals surface area (Å²) in [6.45, 7) is 0.609. The summed E-state index contributed by atoms with van der Waals surface area (Å²) in [5, 5.41) is 6.59. The Morgan fingerprint density at radius 2 is 2.18 bits per heavy atom. The molecule has 0 bridgehead atoms. The molecule has 1 unspecified atom stereocenters. The average molecular weight is 363 g/mol. The van der Waals surface area contributed by atoms with Crippen LogP contribution < -0.4 is 10.0 Å². The zero-order valence-electron chi connectivity index (χ0n) is 11.6. The summed E-state index contributed by atoms with van der Waals surface area (Å²) in [5.74, 6) is 0.193. The van der Waals surface area contributed by atoms with Gasteiger partial charge in [-0.15, -0.1) is 12.4 Å². The van der Waals surface area contributed by atoms with E-state index in [1.54, 1.807) is 0 Å². The van der Waals surface area contributed by atoms with Crippen LogP contribution in [0.5, 0.6) is 0 Å². The first kappa shape index (κ1) is 19.2. The van der Waals surface area contributed by atoms with E-state index in [0.717, 1.165) is 38.3 Å². The van der Waals surface area contributed by atoms with Crippen molar-refractivity contribution in [2.45, 2.75) is 30.5 Å². The number of hydrogen-bond acceptors (Lipinski definition) is 4. The van der Waals surface area contributed by atoms with Gasteiger partial charge in [0.1, 0.15) is 11.4 Å². The fourth-order valence-corrected chi connectivity index (χ4v) is 3.23. The number of alkyl halides is 3. The Bertz CT molecular complexity index is 570. The third kappa shape index (κ3) is 5.75. The van der Waals surface area contributed by atoms with Gasteiger partial charge in [-0.2, -0.15) is 18.3 Å². The molecule has 1 aromatic rings. The van der Waals surface area contributed by atoms with Crippen molar-refractivity contribution >= 4 is 22.4 Å². The number of hydrogen-bond donors (Lipinski definition) is 2. The lowest BCUT2D eigenvalue weighted by Crippen LogP contribution is -2.38. The van der Waals surface area contributed by atoms with E-state index in [0.29, 0.717) is 4.68 Å². The summed E-state index contributed by atoms with van der Waals surface area (Å²) < 4.78 is 63.6. The Morgan fingerprint density at radius 1 is 1.45 bits per heavy atom. The summed E-state index contributed by atoms with van der Waals surface area (Å²) in [6, 6.07) is 0. The Labute approximate surface area is 132 Å². The summed E-state index contributed by atoms with van der Waals surface area (Å²) >= 11 is 0. The van der Waals surface area contributed by atoms with Gasteiger partial charge in [-0.05, 0) is 31.8 Å². The topological polar surface area (TPSA) is 76.0 Å².